The van der Waals surface area contributed by atoms with Crippen molar-refractivity contribution in [3.63, 3.8) is 0 Å². The van der Waals surface area contributed by atoms with Crippen LogP contribution in [0.4, 0.5) is 4.39 Å². The quantitative estimate of drug-likeness (QED) is 0.765. The van der Waals surface area contributed by atoms with Gasteiger partial charge in [-0.3, -0.25) is 0 Å². The molecule has 146 valence electrons. The Kier molecular flexibility index (Phi) is 4.16. The Labute approximate surface area is 165 Å². The number of piperidine rings is 1. The van der Waals surface area contributed by atoms with Crippen LogP contribution in [-0.4, -0.2) is 40.5 Å². The van der Waals surface area contributed by atoms with Gasteiger partial charge in [0.2, 0.25) is 5.72 Å². The first-order chi connectivity index (χ1) is 13.6. The van der Waals surface area contributed by atoms with Gasteiger partial charge >= 0.3 is 0 Å². The van der Waals surface area contributed by atoms with E-state index in [0.717, 1.165) is 43.0 Å². The molecular formula is C23H26FN3O. The second-order valence-corrected chi connectivity index (χ2v) is 8.31. The van der Waals surface area contributed by atoms with E-state index >= 15 is 0 Å². The van der Waals surface area contributed by atoms with Crippen molar-refractivity contribution in [3.8, 4) is 5.75 Å². The molecule has 5 heteroatoms. The second kappa shape index (κ2) is 6.59. The van der Waals surface area contributed by atoms with E-state index in [1.165, 1.54) is 6.07 Å². The van der Waals surface area contributed by atoms with E-state index in [1.807, 2.05) is 24.3 Å². The van der Waals surface area contributed by atoms with Gasteiger partial charge < -0.3 is 9.64 Å². The molecule has 1 atom stereocenters. The molecule has 1 saturated heterocycles. The molecule has 3 heterocycles. The number of para-hydroxylation sites is 1. The molecule has 0 unspecified atom stereocenters. The first-order valence-electron chi connectivity index (χ1n) is 10.2. The number of benzene rings is 2. The number of rotatable bonds is 2. The summed E-state index contributed by atoms with van der Waals surface area (Å²) in [6.45, 7) is 6.44. The van der Waals surface area contributed by atoms with Gasteiger partial charge in [0.1, 0.15) is 11.6 Å². The topological polar surface area (TPSA) is 28.1 Å². The predicted molar refractivity (Wildman–Crippen MR) is 108 cm³/mol. The van der Waals surface area contributed by atoms with Gasteiger partial charge in [0.05, 0.1) is 11.8 Å². The third-order valence-corrected chi connectivity index (χ3v) is 6.40. The van der Waals surface area contributed by atoms with Crippen molar-refractivity contribution in [3.05, 3.63) is 65.5 Å². The van der Waals surface area contributed by atoms with Gasteiger partial charge in [0.25, 0.3) is 0 Å². The minimum atomic E-state index is -0.447. The molecule has 1 spiro atoms. The van der Waals surface area contributed by atoms with E-state index in [4.69, 9.17) is 9.84 Å². The van der Waals surface area contributed by atoms with Crippen LogP contribution < -0.4 is 4.74 Å². The summed E-state index contributed by atoms with van der Waals surface area (Å²) in [6, 6.07) is 15.8. The van der Waals surface area contributed by atoms with Crippen molar-refractivity contribution in [2.45, 2.75) is 50.9 Å². The highest BCUT2D eigenvalue weighted by atomic mass is 19.1. The largest absolute Gasteiger partial charge is 0.466 e. The molecule has 0 aromatic heterocycles. The van der Waals surface area contributed by atoms with E-state index < -0.39 is 5.72 Å². The smallest absolute Gasteiger partial charge is 0.200 e. The third kappa shape index (κ3) is 2.72. The number of halogens is 1. The van der Waals surface area contributed by atoms with Gasteiger partial charge in [-0.2, -0.15) is 5.10 Å². The van der Waals surface area contributed by atoms with Crippen LogP contribution >= 0.6 is 0 Å². The maximum Gasteiger partial charge on any atom is 0.200 e. The van der Waals surface area contributed by atoms with Crippen LogP contribution in [0.25, 0.3) is 0 Å². The summed E-state index contributed by atoms with van der Waals surface area (Å²) < 4.78 is 21.1. The molecule has 2 aromatic rings. The zero-order valence-corrected chi connectivity index (χ0v) is 16.4. The molecular weight excluding hydrogens is 353 g/mol. The summed E-state index contributed by atoms with van der Waals surface area (Å²) in [5, 5.41) is 7.10. The summed E-state index contributed by atoms with van der Waals surface area (Å²) in [5.41, 5.74) is 2.12. The summed E-state index contributed by atoms with van der Waals surface area (Å²) in [6.07, 6.45) is 2.49. The summed E-state index contributed by atoms with van der Waals surface area (Å²) >= 11 is 0. The standard InChI is InChI=1S/C23H26FN3O/c1-16(2)26-13-11-23(12-14-26)27-21(18-8-4-6-10-22(18)28-23)15-20(25-27)17-7-3-5-9-19(17)24/h3-10,16,21H,11-15H2,1-2H3/t21-/m1/s1. The second-order valence-electron chi connectivity index (χ2n) is 8.31. The number of ether oxygens (including phenoxy) is 1. The average Bonchev–Trinajstić information content (AvgIpc) is 3.15. The molecule has 0 radical (unpaired) electrons. The number of hydrogen-bond acceptors (Lipinski definition) is 4. The monoisotopic (exact) mass is 379 g/mol. The van der Waals surface area contributed by atoms with Crippen LogP contribution in [0.3, 0.4) is 0 Å². The van der Waals surface area contributed by atoms with Crippen molar-refractivity contribution in [1.82, 2.24) is 9.91 Å². The molecule has 0 N–H and O–H groups in total. The molecule has 3 aliphatic rings. The lowest BCUT2D eigenvalue weighted by atomic mass is 9.90. The van der Waals surface area contributed by atoms with E-state index in [9.17, 15) is 4.39 Å². The molecule has 0 amide bonds. The molecule has 2 aromatic carbocycles. The van der Waals surface area contributed by atoms with Gasteiger partial charge in [-0.1, -0.05) is 36.4 Å². The number of hydrogen-bond donors (Lipinski definition) is 0. The Bertz CT molecular complexity index is 918. The maximum absolute atomic E-state index is 14.5. The van der Waals surface area contributed by atoms with E-state index in [2.05, 4.69) is 35.9 Å². The fraction of sp³-hybridized carbons (Fsp3) is 0.435. The van der Waals surface area contributed by atoms with Crippen molar-refractivity contribution in [2.75, 3.05) is 13.1 Å². The fourth-order valence-electron chi connectivity index (χ4n) is 4.81. The van der Waals surface area contributed by atoms with Crippen LogP contribution in [0.2, 0.25) is 0 Å². The highest BCUT2D eigenvalue weighted by Crippen LogP contribution is 2.50. The molecule has 1 fully saturated rings. The lowest BCUT2D eigenvalue weighted by Gasteiger charge is -2.51. The highest BCUT2D eigenvalue weighted by molar-refractivity contribution is 6.02. The average molecular weight is 379 g/mol. The third-order valence-electron chi connectivity index (χ3n) is 6.40. The fourth-order valence-corrected chi connectivity index (χ4v) is 4.81. The van der Waals surface area contributed by atoms with Crippen LogP contribution in [0, 0.1) is 5.82 Å². The highest BCUT2D eigenvalue weighted by Gasteiger charge is 2.52. The van der Waals surface area contributed by atoms with E-state index in [1.54, 1.807) is 6.07 Å². The Hall–Kier alpha value is -2.40. The minimum absolute atomic E-state index is 0.102. The number of nitrogens with zero attached hydrogens (tertiary/aromatic N) is 3. The van der Waals surface area contributed by atoms with Gasteiger partial charge in [-0.25, -0.2) is 9.40 Å². The van der Waals surface area contributed by atoms with Crippen molar-refractivity contribution < 1.29 is 9.13 Å². The SMILES string of the molecule is CC(C)N1CCC2(CC1)Oc1ccccc1[C@H]1CC(c3ccccc3F)=NN12. The van der Waals surface area contributed by atoms with Gasteiger partial charge in [0.15, 0.2) is 0 Å². The van der Waals surface area contributed by atoms with Crippen molar-refractivity contribution in [2.24, 2.45) is 5.10 Å². The summed E-state index contributed by atoms with van der Waals surface area (Å²) in [5.74, 6) is 0.741. The van der Waals surface area contributed by atoms with Crippen LogP contribution in [0.15, 0.2) is 53.6 Å². The van der Waals surface area contributed by atoms with Crippen LogP contribution in [0.1, 0.15) is 50.3 Å². The van der Waals surface area contributed by atoms with Gasteiger partial charge in [-0.05, 0) is 26.0 Å². The summed E-state index contributed by atoms with van der Waals surface area (Å²) in [7, 11) is 0. The molecule has 0 aliphatic carbocycles. The number of likely N-dealkylation sites (tertiary alicyclic amines) is 1. The molecule has 3 aliphatic heterocycles. The van der Waals surface area contributed by atoms with Crippen molar-refractivity contribution >= 4 is 5.71 Å². The number of fused-ring (bicyclic) bond motifs is 4. The number of hydrazone groups is 1. The Balaban J connectivity index is 1.55. The Morgan fingerprint density at radius 3 is 2.54 bits per heavy atom. The molecule has 5 rings (SSSR count). The lowest BCUT2D eigenvalue weighted by molar-refractivity contribution is -0.152. The Morgan fingerprint density at radius 1 is 1.07 bits per heavy atom. The Morgan fingerprint density at radius 2 is 1.79 bits per heavy atom. The molecule has 4 nitrogen and oxygen atoms in total. The predicted octanol–water partition coefficient (Wildman–Crippen LogP) is 4.57. The van der Waals surface area contributed by atoms with E-state index in [0.29, 0.717) is 18.0 Å². The van der Waals surface area contributed by atoms with Gasteiger partial charge in [-0.15, -0.1) is 0 Å². The first kappa shape index (κ1) is 17.7. The van der Waals surface area contributed by atoms with Crippen LogP contribution in [0.5, 0.6) is 5.75 Å². The minimum Gasteiger partial charge on any atom is -0.466 e. The molecule has 28 heavy (non-hydrogen) atoms. The normalized spacial score (nSPS) is 23.4. The van der Waals surface area contributed by atoms with Gasteiger partial charge in [0, 0.05) is 49.5 Å². The first-order valence-corrected chi connectivity index (χ1v) is 10.2. The zero-order chi connectivity index (χ0) is 19.3. The maximum atomic E-state index is 14.5. The lowest BCUT2D eigenvalue weighted by Crippen LogP contribution is -2.59. The summed E-state index contributed by atoms with van der Waals surface area (Å²) in [4.78, 5) is 2.49. The van der Waals surface area contributed by atoms with E-state index in [-0.39, 0.29) is 11.9 Å². The molecule has 0 bridgehead atoms. The zero-order valence-electron chi connectivity index (χ0n) is 16.4. The van der Waals surface area contributed by atoms with Crippen molar-refractivity contribution in [1.29, 1.82) is 0 Å². The molecule has 0 saturated carbocycles. The van der Waals surface area contributed by atoms with Crippen LogP contribution in [-0.2, 0) is 0 Å².